The Hall–Kier alpha value is -2.99. The summed E-state index contributed by atoms with van der Waals surface area (Å²) in [7, 11) is 1.32. The fourth-order valence-corrected chi connectivity index (χ4v) is 4.28. The van der Waals surface area contributed by atoms with Crippen molar-refractivity contribution in [3.8, 4) is 5.75 Å². The fraction of sp³-hybridized carbons (Fsp3) is 0.407. The molecule has 0 saturated heterocycles. The number of urea groups is 1. The number of hydrogen-bond donors (Lipinski definition) is 2. The molecule has 1 atom stereocenters. The molecule has 1 unspecified atom stereocenters. The minimum absolute atomic E-state index is 0.307. The standard InChI is InChI=1S/C27H33ClN2O4/c1-3-4-5-6-7-8-12-17-34-22-16-15-20(18-21(22)28)25-23(26(31)33-2)24(29-27(32)30-25)19-13-10-9-11-14-19/h9-11,13-16,18,25H,3-8,12,17H2,1-2H3,(H2,29,30,32). The first-order chi connectivity index (χ1) is 16.5. The smallest absolute Gasteiger partial charge is 0.338 e. The highest BCUT2D eigenvalue weighted by Gasteiger charge is 2.34. The normalized spacial score (nSPS) is 15.5. The van der Waals surface area contributed by atoms with Gasteiger partial charge in [-0.25, -0.2) is 9.59 Å². The SMILES string of the molecule is CCCCCCCCCOc1ccc(C2NC(=O)NC(c3ccccc3)=C2C(=O)OC)cc1Cl. The van der Waals surface area contributed by atoms with Gasteiger partial charge in [-0.3, -0.25) is 0 Å². The highest BCUT2D eigenvalue weighted by Crippen LogP contribution is 2.35. The number of unbranched alkanes of at least 4 members (excludes halogenated alkanes) is 6. The molecular weight excluding hydrogens is 452 g/mol. The molecule has 2 amide bonds. The number of benzene rings is 2. The summed E-state index contributed by atoms with van der Waals surface area (Å²) in [4.78, 5) is 25.2. The maximum Gasteiger partial charge on any atom is 0.338 e. The van der Waals surface area contributed by atoms with E-state index < -0.39 is 18.0 Å². The minimum Gasteiger partial charge on any atom is -0.492 e. The first-order valence-corrected chi connectivity index (χ1v) is 12.3. The van der Waals surface area contributed by atoms with E-state index in [-0.39, 0.29) is 0 Å². The summed E-state index contributed by atoms with van der Waals surface area (Å²) in [6.45, 7) is 2.82. The zero-order valence-corrected chi connectivity index (χ0v) is 20.6. The average Bonchev–Trinajstić information content (AvgIpc) is 2.86. The van der Waals surface area contributed by atoms with Gasteiger partial charge >= 0.3 is 12.0 Å². The molecule has 2 aromatic rings. The van der Waals surface area contributed by atoms with Gasteiger partial charge in [-0.1, -0.05) is 93.4 Å². The third kappa shape index (κ3) is 6.76. The summed E-state index contributed by atoms with van der Waals surface area (Å²) < 4.78 is 10.9. The van der Waals surface area contributed by atoms with Gasteiger partial charge in [0.1, 0.15) is 5.75 Å². The van der Waals surface area contributed by atoms with E-state index in [0.717, 1.165) is 12.8 Å². The van der Waals surface area contributed by atoms with E-state index in [4.69, 9.17) is 21.1 Å². The number of esters is 1. The topological polar surface area (TPSA) is 76.7 Å². The van der Waals surface area contributed by atoms with Crippen molar-refractivity contribution in [3.05, 3.63) is 70.3 Å². The molecule has 182 valence electrons. The molecule has 2 N–H and O–H groups in total. The molecule has 0 bridgehead atoms. The van der Waals surface area contributed by atoms with Crippen LogP contribution in [0.5, 0.6) is 5.75 Å². The van der Waals surface area contributed by atoms with Crippen molar-refractivity contribution >= 4 is 29.3 Å². The van der Waals surface area contributed by atoms with Crippen LogP contribution in [0, 0.1) is 0 Å². The van der Waals surface area contributed by atoms with Crippen molar-refractivity contribution in [2.75, 3.05) is 13.7 Å². The van der Waals surface area contributed by atoms with Gasteiger partial charge in [0.2, 0.25) is 0 Å². The van der Waals surface area contributed by atoms with Crippen molar-refractivity contribution in [1.82, 2.24) is 10.6 Å². The molecule has 0 radical (unpaired) electrons. The van der Waals surface area contributed by atoms with Gasteiger partial charge in [-0.05, 0) is 29.7 Å². The highest BCUT2D eigenvalue weighted by atomic mass is 35.5. The molecule has 6 nitrogen and oxygen atoms in total. The van der Waals surface area contributed by atoms with E-state index in [0.29, 0.717) is 39.8 Å². The molecule has 2 aromatic carbocycles. The molecule has 0 aliphatic carbocycles. The number of methoxy groups -OCH3 is 1. The van der Waals surface area contributed by atoms with Crippen LogP contribution in [0.1, 0.15) is 69.0 Å². The van der Waals surface area contributed by atoms with Crippen LogP contribution in [0.4, 0.5) is 4.79 Å². The summed E-state index contributed by atoms with van der Waals surface area (Å²) in [6.07, 6.45) is 8.45. The maximum absolute atomic E-state index is 12.7. The third-order valence-corrected chi connectivity index (χ3v) is 6.13. The Morgan fingerprint density at radius 3 is 2.38 bits per heavy atom. The van der Waals surface area contributed by atoms with Crippen LogP contribution in [0.3, 0.4) is 0 Å². The van der Waals surface area contributed by atoms with Gasteiger partial charge in [-0.15, -0.1) is 0 Å². The number of nitrogens with one attached hydrogen (secondary N) is 2. The summed E-state index contributed by atoms with van der Waals surface area (Å²) in [6, 6.07) is 13.4. The van der Waals surface area contributed by atoms with E-state index in [1.807, 2.05) is 36.4 Å². The molecule has 34 heavy (non-hydrogen) atoms. The second kappa shape index (κ2) is 13.0. The third-order valence-electron chi connectivity index (χ3n) is 5.83. The summed E-state index contributed by atoms with van der Waals surface area (Å²) >= 11 is 6.51. The predicted molar refractivity (Wildman–Crippen MR) is 135 cm³/mol. The summed E-state index contributed by atoms with van der Waals surface area (Å²) in [5.41, 5.74) is 2.10. The number of ether oxygens (including phenoxy) is 2. The summed E-state index contributed by atoms with van der Waals surface area (Å²) in [5.74, 6) is 0.0512. The van der Waals surface area contributed by atoms with Gasteiger partial charge in [0.05, 0.1) is 36.1 Å². The second-order valence-corrected chi connectivity index (χ2v) is 8.74. The number of hydrogen-bond acceptors (Lipinski definition) is 4. The van der Waals surface area contributed by atoms with Crippen molar-refractivity contribution in [2.24, 2.45) is 0 Å². The fourth-order valence-electron chi connectivity index (χ4n) is 4.03. The molecule has 1 heterocycles. The van der Waals surface area contributed by atoms with Crippen molar-refractivity contribution in [2.45, 2.75) is 57.9 Å². The molecule has 0 aromatic heterocycles. The van der Waals surface area contributed by atoms with Gasteiger partial charge in [0.15, 0.2) is 0 Å². The number of amides is 2. The molecule has 0 fully saturated rings. The lowest BCUT2D eigenvalue weighted by Gasteiger charge is -2.29. The Labute approximate surface area is 206 Å². The van der Waals surface area contributed by atoms with Crippen LogP contribution in [0.15, 0.2) is 54.1 Å². The van der Waals surface area contributed by atoms with Crippen LogP contribution in [-0.4, -0.2) is 25.7 Å². The Kier molecular flexibility index (Phi) is 9.83. The Balaban J connectivity index is 1.74. The van der Waals surface area contributed by atoms with E-state index in [9.17, 15) is 9.59 Å². The molecule has 1 aliphatic heterocycles. The molecular formula is C27H33ClN2O4. The molecule has 3 rings (SSSR count). The Bertz CT molecular complexity index is 1010. The number of halogens is 1. The lowest BCUT2D eigenvalue weighted by molar-refractivity contribution is -0.136. The van der Waals surface area contributed by atoms with E-state index in [2.05, 4.69) is 17.6 Å². The van der Waals surface area contributed by atoms with Crippen LogP contribution in [-0.2, 0) is 9.53 Å². The van der Waals surface area contributed by atoms with Crippen LogP contribution in [0.25, 0.3) is 5.70 Å². The largest absolute Gasteiger partial charge is 0.492 e. The number of carbonyl (C=O) groups is 2. The van der Waals surface area contributed by atoms with E-state index >= 15 is 0 Å². The minimum atomic E-state index is -0.717. The van der Waals surface area contributed by atoms with Crippen LogP contribution >= 0.6 is 11.6 Å². The first kappa shape index (κ1) is 25.6. The highest BCUT2D eigenvalue weighted by molar-refractivity contribution is 6.32. The zero-order chi connectivity index (χ0) is 24.3. The lowest BCUT2D eigenvalue weighted by atomic mass is 9.92. The zero-order valence-electron chi connectivity index (χ0n) is 19.9. The van der Waals surface area contributed by atoms with Gasteiger partial charge in [0, 0.05) is 0 Å². The molecule has 1 aliphatic rings. The van der Waals surface area contributed by atoms with E-state index in [1.165, 1.54) is 39.2 Å². The Morgan fingerprint density at radius 2 is 1.71 bits per heavy atom. The quantitative estimate of drug-likeness (QED) is 0.269. The number of rotatable bonds is 12. The Morgan fingerprint density at radius 1 is 1.00 bits per heavy atom. The van der Waals surface area contributed by atoms with Crippen LogP contribution in [0.2, 0.25) is 5.02 Å². The van der Waals surface area contributed by atoms with Gasteiger partial charge < -0.3 is 20.1 Å². The monoisotopic (exact) mass is 484 g/mol. The molecule has 0 saturated carbocycles. The van der Waals surface area contributed by atoms with Crippen molar-refractivity contribution in [3.63, 3.8) is 0 Å². The first-order valence-electron chi connectivity index (χ1n) is 11.9. The van der Waals surface area contributed by atoms with Gasteiger partial charge in [-0.2, -0.15) is 0 Å². The van der Waals surface area contributed by atoms with Crippen molar-refractivity contribution < 1.29 is 19.1 Å². The summed E-state index contributed by atoms with van der Waals surface area (Å²) in [5, 5.41) is 6.00. The number of carbonyl (C=O) groups excluding carboxylic acids is 2. The lowest BCUT2D eigenvalue weighted by Crippen LogP contribution is -2.45. The molecule has 0 spiro atoms. The average molecular weight is 485 g/mol. The van der Waals surface area contributed by atoms with Gasteiger partial charge in [0.25, 0.3) is 0 Å². The predicted octanol–water partition coefficient (Wildman–Crippen LogP) is 6.41. The second-order valence-electron chi connectivity index (χ2n) is 8.34. The van der Waals surface area contributed by atoms with Crippen LogP contribution < -0.4 is 15.4 Å². The van der Waals surface area contributed by atoms with Crippen molar-refractivity contribution in [1.29, 1.82) is 0 Å². The maximum atomic E-state index is 12.7. The van der Waals surface area contributed by atoms with E-state index in [1.54, 1.807) is 12.1 Å². The molecule has 7 heteroatoms.